The van der Waals surface area contributed by atoms with Crippen LogP contribution in [0.15, 0.2) is 53.5 Å². The summed E-state index contributed by atoms with van der Waals surface area (Å²) in [5.74, 6) is 0.446. The Labute approximate surface area is 144 Å². The lowest BCUT2D eigenvalue weighted by Crippen LogP contribution is -2.22. The predicted octanol–water partition coefficient (Wildman–Crippen LogP) is 3.52. The first-order chi connectivity index (χ1) is 11.7. The van der Waals surface area contributed by atoms with Gasteiger partial charge in [0, 0.05) is 12.2 Å². The van der Waals surface area contributed by atoms with E-state index < -0.39 is 0 Å². The van der Waals surface area contributed by atoms with Crippen LogP contribution in [-0.4, -0.2) is 23.9 Å². The van der Waals surface area contributed by atoms with Crippen molar-refractivity contribution in [2.75, 3.05) is 18.4 Å². The normalized spacial score (nSPS) is 15.6. The zero-order valence-corrected chi connectivity index (χ0v) is 14.3. The van der Waals surface area contributed by atoms with E-state index in [4.69, 9.17) is 5.73 Å². The number of benzene rings is 2. The molecule has 3 N–H and O–H groups in total. The molecule has 0 aromatic heterocycles. The highest BCUT2D eigenvalue weighted by Gasteiger charge is 2.11. The molecule has 0 unspecified atom stereocenters. The fourth-order valence-corrected chi connectivity index (χ4v) is 3.04. The fourth-order valence-electron chi connectivity index (χ4n) is 3.04. The topological polar surface area (TPSA) is 53.6 Å². The first kappa shape index (κ1) is 16.5. The Morgan fingerprint density at radius 3 is 2.50 bits per heavy atom. The Bertz CT molecular complexity index is 685. The van der Waals surface area contributed by atoms with E-state index in [1.54, 1.807) is 0 Å². The molecule has 0 atom stereocenters. The van der Waals surface area contributed by atoms with Gasteiger partial charge < -0.3 is 11.1 Å². The molecule has 3 rings (SSSR count). The second-order valence-corrected chi connectivity index (χ2v) is 6.50. The minimum atomic E-state index is 0.446. The molecule has 126 valence electrons. The van der Waals surface area contributed by atoms with Crippen LogP contribution in [0.3, 0.4) is 0 Å². The van der Waals surface area contributed by atoms with Gasteiger partial charge in [0.25, 0.3) is 0 Å². The van der Waals surface area contributed by atoms with Gasteiger partial charge in [-0.25, -0.2) is 4.99 Å². The Balaban J connectivity index is 1.53. The minimum Gasteiger partial charge on any atom is -0.370 e. The Kier molecular flexibility index (Phi) is 5.49. The molecule has 0 radical (unpaired) electrons. The summed E-state index contributed by atoms with van der Waals surface area (Å²) in [6, 6.07) is 16.8. The number of hydrogen-bond acceptors (Lipinski definition) is 2. The molecule has 0 aliphatic carbocycles. The number of aliphatic imine (C=N–C) groups is 1. The number of nitrogens with two attached hydrogens (primary N) is 1. The summed E-state index contributed by atoms with van der Waals surface area (Å²) >= 11 is 0. The smallest absolute Gasteiger partial charge is 0.193 e. The summed E-state index contributed by atoms with van der Waals surface area (Å²) in [5.41, 5.74) is 10.7. The van der Waals surface area contributed by atoms with Gasteiger partial charge in [-0.2, -0.15) is 0 Å². The van der Waals surface area contributed by atoms with Gasteiger partial charge in [-0.15, -0.1) is 0 Å². The SMILES string of the molecule is Cc1cccc(NC(N)=NCc2ccc(CN3CCCC3)cc2)c1. The monoisotopic (exact) mass is 322 g/mol. The second kappa shape index (κ2) is 7.97. The van der Waals surface area contributed by atoms with Crippen molar-refractivity contribution < 1.29 is 0 Å². The van der Waals surface area contributed by atoms with Crippen LogP contribution < -0.4 is 11.1 Å². The van der Waals surface area contributed by atoms with Crippen LogP contribution in [0.1, 0.15) is 29.5 Å². The molecule has 1 aliphatic heterocycles. The molecule has 2 aromatic rings. The second-order valence-electron chi connectivity index (χ2n) is 6.50. The Hall–Kier alpha value is -2.33. The van der Waals surface area contributed by atoms with Crippen molar-refractivity contribution in [1.82, 2.24) is 4.90 Å². The minimum absolute atomic E-state index is 0.446. The van der Waals surface area contributed by atoms with Crippen LogP contribution in [0.25, 0.3) is 0 Å². The highest BCUT2D eigenvalue weighted by atomic mass is 15.1. The first-order valence-corrected chi connectivity index (χ1v) is 8.63. The largest absolute Gasteiger partial charge is 0.370 e. The molecular weight excluding hydrogens is 296 g/mol. The number of guanidine groups is 1. The number of aryl methyl sites for hydroxylation is 1. The summed E-state index contributed by atoms with van der Waals surface area (Å²) in [6.07, 6.45) is 2.67. The van der Waals surface area contributed by atoms with Crippen molar-refractivity contribution >= 4 is 11.6 Å². The van der Waals surface area contributed by atoms with E-state index in [1.165, 1.54) is 42.6 Å². The maximum Gasteiger partial charge on any atom is 0.193 e. The molecule has 1 saturated heterocycles. The van der Waals surface area contributed by atoms with E-state index >= 15 is 0 Å². The number of hydrogen-bond donors (Lipinski definition) is 2. The van der Waals surface area contributed by atoms with Crippen molar-refractivity contribution in [1.29, 1.82) is 0 Å². The first-order valence-electron chi connectivity index (χ1n) is 8.63. The highest BCUT2D eigenvalue weighted by Crippen LogP contribution is 2.14. The fraction of sp³-hybridized carbons (Fsp3) is 0.350. The summed E-state index contributed by atoms with van der Waals surface area (Å²) in [6.45, 7) is 6.16. The molecule has 0 amide bonds. The van der Waals surface area contributed by atoms with Crippen LogP contribution in [0.2, 0.25) is 0 Å². The summed E-state index contributed by atoms with van der Waals surface area (Å²) in [4.78, 5) is 6.94. The standard InChI is InChI=1S/C20H26N4/c1-16-5-4-6-19(13-16)23-20(21)22-14-17-7-9-18(10-8-17)15-24-11-2-3-12-24/h4-10,13H,2-3,11-12,14-15H2,1H3,(H3,21,22,23). The van der Waals surface area contributed by atoms with Crippen molar-refractivity contribution in [3.8, 4) is 0 Å². The van der Waals surface area contributed by atoms with E-state index in [1.807, 2.05) is 12.1 Å². The quantitative estimate of drug-likeness (QED) is 0.654. The lowest BCUT2D eigenvalue weighted by atomic mass is 10.1. The van der Waals surface area contributed by atoms with Crippen molar-refractivity contribution in [3.63, 3.8) is 0 Å². The third kappa shape index (κ3) is 4.83. The number of anilines is 1. The van der Waals surface area contributed by atoms with Gasteiger partial charge in [0.1, 0.15) is 0 Å². The van der Waals surface area contributed by atoms with Crippen LogP contribution in [0.4, 0.5) is 5.69 Å². The molecule has 4 heteroatoms. The van der Waals surface area contributed by atoms with E-state index in [9.17, 15) is 0 Å². The van der Waals surface area contributed by atoms with E-state index in [-0.39, 0.29) is 0 Å². The van der Waals surface area contributed by atoms with E-state index in [0.29, 0.717) is 12.5 Å². The van der Waals surface area contributed by atoms with Gasteiger partial charge in [-0.05, 0) is 61.7 Å². The maximum absolute atomic E-state index is 5.97. The van der Waals surface area contributed by atoms with Crippen LogP contribution in [0.5, 0.6) is 0 Å². The molecule has 1 heterocycles. The van der Waals surface area contributed by atoms with Gasteiger partial charge in [0.2, 0.25) is 0 Å². The van der Waals surface area contributed by atoms with Gasteiger partial charge in [0.15, 0.2) is 5.96 Å². The molecule has 1 aliphatic rings. The summed E-state index contributed by atoms with van der Waals surface area (Å²) in [5, 5.41) is 3.13. The highest BCUT2D eigenvalue weighted by molar-refractivity contribution is 5.92. The van der Waals surface area contributed by atoms with E-state index in [2.05, 4.69) is 58.5 Å². The van der Waals surface area contributed by atoms with Crippen LogP contribution >= 0.6 is 0 Å². The van der Waals surface area contributed by atoms with E-state index in [0.717, 1.165) is 12.2 Å². The summed E-state index contributed by atoms with van der Waals surface area (Å²) < 4.78 is 0. The molecule has 1 fully saturated rings. The molecular formula is C20H26N4. The number of likely N-dealkylation sites (tertiary alicyclic amines) is 1. The molecule has 0 bridgehead atoms. The average Bonchev–Trinajstić information content (AvgIpc) is 3.07. The van der Waals surface area contributed by atoms with Crippen LogP contribution in [-0.2, 0) is 13.1 Å². The van der Waals surface area contributed by atoms with Gasteiger partial charge in [-0.1, -0.05) is 36.4 Å². The number of nitrogens with one attached hydrogen (secondary N) is 1. The number of rotatable bonds is 5. The van der Waals surface area contributed by atoms with Crippen molar-refractivity contribution in [2.24, 2.45) is 10.7 Å². The Morgan fingerprint density at radius 2 is 1.79 bits per heavy atom. The van der Waals surface area contributed by atoms with Crippen LogP contribution in [0, 0.1) is 6.92 Å². The van der Waals surface area contributed by atoms with Crippen molar-refractivity contribution in [3.05, 3.63) is 65.2 Å². The molecule has 0 saturated carbocycles. The third-order valence-corrected chi connectivity index (χ3v) is 4.35. The van der Waals surface area contributed by atoms with Gasteiger partial charge in [0.05, 0.1) is 6.54 Å². The lowest BCUT2D eigenvalue weighted by Gasteiger charge is -2.14. The van der Waals surface area contributed by atoms with Gasteiger partial charge in [-0.3, -0.25) is 4.90 Å². The third-order valence-electron chi connectivity index (χ3n) is 4.35. The molecule has 0 spiro atoms. The zero-order chi connectivity index (χ0) is 16.8. The zero-order valence-electron chi connectivity index (χ0n) is 14.3. The molecule has 24 heavy (non-hydrogen) atoms. The predicted molar refractivity (Wildman–Crippen MR) is 101 cm³/mol. The molecule has 4 nitrogen and oxygen atoms in total. The maximum atomic E-state index is 5.97. The summed E-state index contributed by atoms with van der Waals surface area (Å²) in [7, 11) is 0. The van der Waals surface area contributed by atoms with Gasteiger partial charge >= 0.3 is 0 Å². The van der Waals surface area contributed by atoms with Crippen molar-refractivity contribution in [2.45, 2.75) is 32.9 Å². The number of nitrogens with zero attached hydrogens (tertiary/aromatic N) is 2. The average molecular weight is 322 g/mol. The Morgan fingerprint density at radius 1 is 1.08 bits per heavy atom. The molecule has 2 aromatic carbocycles. The lowest BCUT2D eigenvalue weighted by molar-refractivity contribution is 0.331.